The molecule has 0 radical (unpaired) electrons. The molecule has 3 atom stereocenters. The Hall–Kier alpha value is -1.06. The lowest BCUT2D eigenvalue weighted by atomic mass is 9.94. The van der Waals surface area contributed by atoms with Crippen molar-refractivity contribution in [1.82, 2.24) is 0 Å². The van der Waals surface area contributed by atoms with Gasteiger partial charge in [-0.2, -0.15) is 0 Å². The maximum atomic E-state index is 6.18. The van der Waals surface area contributed by atoms with Crippen molar-refractivity contribution < 1.29 is 9.47 Å². The quantitative estimate of drug-likeness (QED) is 0.885. The van der Waals surface area contributed by atoms with Crippen molar-refractivity contribution in [3.63, 3.8) is 0 Å². The molecular weight excluding hydrogens is 238 g/mol. The van der Waals surface area contributed by atoms with Gasteiger partial charge in [0.25, 0.3) is 0 Å². The standard InChI is InChI=1S/C16H25NO2/c1-3-15(17)14-9-4-5-10-16(14)19-13-8-6-7-12(11-13)18-2/h4-5,9-10,12-13,15H,3,6-8,11,17H2,1-2H3. The minimum Gasteiger partial charge on any atom is -0.490 e. The van der Waals surface area contributed by atoms with E-state index < -0.39 is 0 Å². The molecule has 19 heavy (non-hydrogen) atoms. The molecule has 0 aliphatic heterocycles. The van der Waals surface area contributed by atoms with Gasteiger partial charge in [0.2, 0.25) is 0 Å². The molecule has 1 aliphatic carbocycles. The molecule has 1 aromatic carbocycles. The summed E-state index contributed by atoms with van der Waals surface area (Å²) in [6, 6.07) is 8.19. The zero-order chi connectivity index (χ0) is 13.7. The zero-order valence-corrected chi connectivity index (χ0v) is 12.0. The number of hydrogen-bond donors (Lipinski definition) is 1. The van der Waals surface area contributed by atoms with Crippen LogP contribution in [0, 0.1) is 0 Å². The van der Waals surface area contributed by atoms with Crippen LogP contribution in [0.15, 0.2) is 24.3 Å². The van der Waals surface area contributed by atoms with E-state index in [0.29, 0.717) is 6.10 Å². The topological polar surface area (TPSA) is 44.5 Å². The summed E-state index contributed by atoms with van der Waals surface area (Å²) in [5.74, 6) is 0.943. The number of methoxy groups -OCH3 is 1. The number of rotatable bonds is 5. The molecule has 2 N–H and O–H groups in total. The highest BCUT2D eigenvalue weighted by Crippen LogP contribution is 2.30. The number of nitrogens with two attached hydrogens (primary N) is 1. The maximum Gasteiger partial charge on any atom is 0.124 e. The van der Waals surface area contributed by atoms with Gasteiger partial charge in [0, 0.05) is 25.1 Å². The predicted molar refractivity (Wildman–Crippen MR) is 77.3 cm³/mol. The molecule has 1 saturated carbocycles. The summed E-state index contributed by atoms with van der Waals surface area (Å²) in [6.45, 7) is 2.10. The van der Waals surface area contributed by atoms with Crippen LogP contribution in [0.5, 0.6) is 5.75 Å². The van der Waals surface area contributed by atoms with E-state index in [4.69, 9.17) is 15.2 Å². The average Bonchev–Trinajstić information content (AvgIpc) is 2.47. The van der Waals surface area contributed by atoms with Gasteiger partial charge in [-0.3, -0.25) is 0 Å². The number of hydrogen-bond acceptors (Lipinski definition) is 3. The van der Waals surface area contributed by atoms with Gasteiger partial charge in [-0.1, -0.05) is 25.1 Å². The predicted octanol–water partition coefficient (Wildman–Crippen LogP) is 3.43. The van der Waals surface area contributed by atoms with E-state index in [-0.39, 0.29) is 12.1 Å². The SMILES string of the molecule is CCC(N)c1ccccc1OC1CCCC(OC)C1. The van der Waals surface area contributed by atoms with Crippen LogP contribution in [0.2, 0.25) is 0 Å². The van der Waals surface area contributed by atoms with E-state index in [9.17, 15) is 0 Å². The lowest BCUT2D eigenvalue weighted by Gasteiger charge is -2.29. The van der Waals surface area contributed by atoms with E-state index in [2.05, 4.69) is 13.0 Å². The Labute approximate surface area is 116 Å². The third kappa shape index (κ3) is 3.71. The fourth-order valence-electron chi connectivity index (χ4n) is 2.72. The van der Waals surface area contributed by atoms with Crippen molar-refractivity contribution in [1.29, 1.82) is 0 Å². The van der Waals surface area contributed by atoms with Gasteiger partial charge in [0.15, 0.2) is 0 Å². The van der Waals surface area contributed by atoms with E-state index in [1.165, 1.54) is 6.42 Å². The van der Waals surface area contributed by atoms with Crippen molar-refractivity contribution in [2.75, 3.05) is 7.11 Å². The molecule has 0 saturated heterocycles. The number of benzene rings is 1. The lowest BCUT2D eigenvalue weighted by Crippen LogP contribution is -2.30. The minimum atomic E-state index is 0.0537. The second kappa shape index (κ2) is 6.92. The van der Waals surface area contributed by atoms with E-state index in [0.717, 1.165) is 37.0 Å². The second-order valence-electron chi connectivity index (χ2n) is 5.32. The van der Waals surface area contributed by atoms with Crippen LogP contribution in [-0.2, 0) is 4.74 Å². The van der Waals surface area contributed by atoms with Gasteiger partial charge in [0.1, 0.15) is 11.9 Å². The highest BCUT2D eigenvalue weighted by atomic mass is 16.5. The first-order chi connectivity index (χ1) is 9.24. The van der Waals surface area contributed by atoms with Gasteiger partial charge in [-0.05, 0) is 31.7 Å². The van der Waals surface area contributed by atoms with Crippen LogP contribution in [0.1, 0.15) is 50.6 Å². The maximum absolute atomic E-state index is 6.18. The summed E-state index contributed by atoms with van der Waals surface area (Å²) in [5.41, 5.74) is 7.26. The highest BCUT2D eigenvalue weighted by molar-refractivity contribution is 5.35. The molecule has 0 aromatic heterocycles. The Morgan fingerprint density at radius 3 is 2.74 bits per heavy atom. The molecule has 3 nitrogen and oxygen atoms in total. The van der Waals surface area contributed by atoms with Gasteiger partial charge >= 0.3 is 0 Å². The van der Waals surface area contributed by atoms with Gasteiger partial charge < -0.3 is 15.2 Å². The smallest absolute Gasteiger partial charge is 0.124 e. The number of para-hydroxylation sites is 1. The van der Waals surface area contributed by atoms with Crippen molar-refractivity contribution in [2.45, 2.75) is 57.3 Å². The van der Waals surface area contributed by atoms with Crippen LogP contribution in [-0.4, -0.2) is 19.3 Å². The van der Waals surface area contributed by atoms with Crippen LogP contribution in [0.3, 0.4) is 0 Å². The molecule has 1 aliphatic rings. The fraction of sp³-hybridized carbons (Fsp3) is 0.625. The molecule has 0 spiro atoms. The summed E-state index contributed by atoms with van der Waals surface area (Å²) in [5, 5.41) is 0. The molecule has 106 valence electrons. The highest BCUT2D eigenvalue weighted by Gasteiger charge is 2.24. The average molecular weight is 263 g/mol. The first-order valence-corrected chi connectivity index (χ1v) is 7.28. The Kier molecular flexibility index (Phi) is 5.23. The third-order valence-corrected chi connectivity index (χ3v) is 3.96. The van der Waals surface area contributed by atoms with E-state index in [1.54, 1.807) is 7.11 Å². The second-order valence-corrected chi connectivity index (χ2v) is 5.32. The molecule has 0 amide bonds. The Bertz CT molecular complexity index is 394. The molecule has 2 rings (SSSR count). The number of ether oxygens (including phenoxy) is 2. The summed E-state index contributed by atoms with van der Waals surface area (Å²) in [4.78, 5) is 0. The summed E-state index contributed by atoms with van der Waals surface area (Å²) >= 11 is 0. The molecule has 0 bridgehead atoms. The Balaban J connectivity index is 2.06. The molecule has 3 unspecified atom stereocenters. The van der Waals surface area contributed by atoms with Crippen molar-refractivity contribution >= 4 is 0 Å². The first kappa shape index (κ1) is 14.4. The molecule has 1 aromatic rings. The van der Waals surface area contributed by atoms with Crippen molar-refractivity contribution in [2.24, 2.45) is 5.73 Å². The van der Waals surface area contributed by atoms with Crippen LogP contribution in [0.4, 0.5) is 0 Å². The van der Waals surface area contributed by atoms with Crippen LogP contribution < -0.4 is 10.5 Å². The van der Waals surface area contributed by atoms with Crippen molar-refractivity contribution in [3.8, 4) is 5.75 Å². The third-order valence-electron chi connectivity index (χ3n) is 3.96. The largest absolute Gasteiger partial charge is 0.490 e. The van der Waals surface area contributed by atoms with E-state index >= 15 is 0 Å². The molecule has 3 heteroatoms. The summed E-state index contributed by atoms with van der Waals surface area (Å²) < 4.78 is 11.6. The lowest BCUT2D eigenvalue weighted by molar-refractivity contribution is 0.0205. The fourth-order valence-corrected chi connectivity index (χ4v) is 2.72. The summed E-state index contributed by atoms with van der Waals surface area (Å²) in [6.07, 6.45) is 5.92. The Morgan fingerprint density at radius 2 is 2.00 bits per heavy atom. The van der Waals surface area contributed by atoms with Crippen LogP contribution >= 0.6 is 0 Å². The van der Waals surface area contributed by atoms with Crippen molar-refractivity contribution in [3.05, 3.63) is 29.8 Å². The first-order valence-electron chi connectivity index (χ1n) is 7.28. The van der Waals surface area contributed by atoms with Gasteiger partial charge in [0.05, 0.1) is 6.10 Å². The molecule has 0 heterocycles. The molecule has 1 fully saturated rings. The van der Waals surface area contributed by atoms with Gasteiger partial charge in [-0.25, -0.2) is 0 Å². The molecular formula is C16H25NO2. The zero-order valence-electron chi connectivity index (χ0n) is 12.0. The van der Waals surface area contributed by atoms with Gasteiger partial charge in [-0.15, -0.1) is 0 Å². The Morgan fingerprint density at radius 1 is 1.26 bits per heavy atom. The monoisotopic (exact) mass is 263 g/mol. The summed E-state index contributed by atoms with van der Waals surface area (Å²) in [7, 11) is 1.79. The minimum absolute atomic E-state index is 0.0537. The van der Waals surface area contributed by atoms with E-state index in [1.807, 2.05) is 18.2 Å². The normalized spacial score (nSPS) is 25.0. The van der Waals surface area contributed by atoms with Crippen LogP contribution in [0.25, 0.3) is 0 Å².